The number of fused-ring (bicyclic) bond motifs is 2. The highest BCUT2D eigenvalue weighted by Crippen LogP contribution is 2.40. The highest BCUT2D eigenvalue weighted by molar-refractivity contribution is 6.10. The highest BCUT2D eigenvalue weighted by Gasteiger charge is 2.44. The molecule has 5 nitrogen and oxygen atoms in total. The summed E-state index contributed by atoms with van der Waals surface area (Å²) in [6.07, 6.45) is 1.58. The monoisotopic (exact) mass is 386 g/mol. The third-order valence-corrected chi connectivity index (χ3v) is 5.12. The van der Waals surface area contributed by atoms with Crippen LogP contribution in [-0.2, 0) is 0 Å². The van der Waals surface area contributed by atoms with Gasteiger partial charge in [-0.1, -0.05) is 35.9 Å². The summed E-state index contributed by atoms with van der Waals surface area (Å²) in [6, 6.07) is 15.8. The van der Waals surface area contributed by atoms with Crippen LogP contribution in [0.1, 0.15) is 33.3 Å². The van der Waals surface area contributed by atoms with Crippen molar-refractivity contribution in [2.45, 2.75) is 13.0 Å². The Morgan fingerprint density at radius 2 is 1.83 bits per heavy atom. The summed E-state index contributed by atoms with van der Waals surface area (Å²) >= 11 is 0. The lowest BCUT2D eigenvalue weighted by molar-refractivity contribution is 0.0970. The van der Waals surface area contributed by atoms with E-state index in [1.165, 1.54) is 17.0 Å². The molecule has 2 aromatic carbocycles. The topological polar surface area (TPSA) is 63.4 Å². The van der Waals surface area contributed by atoms with Crippen molar-refractivity contribution in [3.8, 4) is 0 Å². The molecule has 2 aromatic heterocycles. The Morgan fingerprint density at radius 3 is 2.55 bits per heavy atom. The molecule has 29 heavy (non-hydrogen) atoms. The Bertz CT molecular complexity index is 1310. The number of anilines is 1. The van der Waals surface area contributed by atoms with Gasteiger partial charge in [0.15, 0.2) is 5.43 Å². The molecule has 0 bridgehead atoms. The van der Waals surface area contributed by atoms with Gasteiger partial charge in [-0.25, -0.2) is 9.37 Å². The van der Waals surface area contributed by atoms with E-state index in [1.54, 1.807) is 24.4 Å². The van der Waals surface area contributed by atoms with E-state index >= 15 is 0 Å². The predicted molar refractivity (Wildman–Crippen MR) is 107 cm³/mol. The minimum atomic E-state index is -0.711. The standard InChI is InChI=1S/C23H15FN2O3/c1-13-5-7-14(8-6-13)20-19-21(27)16-12-15(24)9-10-17(16)29-22(19)23(28)26(20)18-4-2-3-11-25-18/h2-12,20H,1H3. The summed E-state index contributed by atoms with van der Waals surface area (Å²) in [7, 11) is 0. The fourth-order valence-corrected chi connectivity index (χ4v) is 3.74. The van der Waals surface area contributed by atoms with E-state index in [0.717, 1.165) is 17.2 Å². The first-order valence-corrected chi connectivity index (χ1v) is 9.12. The van der Waals surface area contributed by atoms with E-state index in [0.29, 0.717) is 5.82 Å². The molecule has 1 aliphatic rings. The number of aromatic nitrogens is 1. The lowest BCUT2D eigenvalue weighted by Gasteiger charge is -2.24. The molecular weight excluding hydrogens is 371 g/mol. The molecule has 1 amide bonds. The zero-order valence-corrected chi connectivity index (χ0v) is 15.4. The van der Waals surface area contributed by atoms with E-state index in [4.69, 9.17) is 4.42 Å². The molecule has 0 fully saturated rings. The first kappa shape index (κ1) is 17.3. The van der Waals surface area contributed by atoms with Crippen LogP contribution in [0.2, 0.25) is 0 Å². The third kappa shape index (κ3) is 2.64. The summed E-state index contributed by atoms with van der Waals surface area (Å²) in [4.78, 5) is 32.4. The predicted octanol–water partition coefficient (Wildman–Crippen LogP) is 4.39. The van der Waals surface area contributed by atoms with Gasteiger partial charge < -0.3 is 4.42 Å². The number of rotatable bonds is 2. The van der Waals surface area contributed by atoms with Crippen LogP contribution in [0.3, 0.4) is 0 Å². The first-order chi connectivity index (χ1) is 14.0. The fourth-order valence-electron chi connectivity index (χ4n) is 3.74. The van der Waals surface area contributed by atoms with Crippen LogP contribution in [0.25, 0.3) is 11.0 Å². The van der Waals surface area contributed by atoms with Crippen LogP contribution in [-0.4, -0.2) is 10.9 Å². The lowest BCUT2D eigenvalue weighted by atomic mass is 9.97. The Kier molecular flexibility index (Phi) is 3.81. The molecule has 0 radical (unpaired) electrons. The number of amides is 1. The van der Waals surface area contributed by atoms with E-state index in [1.807, 2.05) is 31.2 Å². The molecule has 0 saturated heterocycles. The third-order valence-electron chi connectivity index (χ3n) is 5.12. The molecule has 0 N–H and O–H groups in total. The average molecular weight is 386 g/mol. The summed E-state index contributed by atoms with van der Waals surface area (Å²) < 4.78 is 19.6. The number of halogens is 1. The van der Waals surface area contributed by atoms with Gasteiger partial charge in [0, 0.05) is 6.20 Å². The summed E-state index contributed by atoms with van der Waals surface area (Å²) in [5.74, 6) is -0.621. The van der Waals surface area contributed by atoms with Crippen LogP contribution in [0, 0.1) is 12.7 Å². The largest absolute Gasteiger partial charge is 0.450 e. The minimum absolute atomic E-state index is 0.0367. The molecule has 5 rings (SSSR count). The molecule has 1 aliphatic heterocycles. The maximum atomic E-state index is 13.8. The maximum Gasteiger partial charge on any atom is 0.296 e. The van der Waals surface area contributed by atoms with Gasteiger partial charge in [0.1, 0.15) is 17.2 Å². The smallest absolute Gasteiger partial charge is 0.296 e. The normalized spacial score (nSPS) is 15.7. The van der Waals surface area contributed by atoms with Crippen molar-refractivity contribution in [3.05, 3.63) is 105 Å². The number of benzene rings is 2. The van der Waals surface area contributed by atoms with Crippen molar-refractivity contribution in [2.75, 3.05) is 4.90 Å². The second kappa shape index (κ2) is 6.38. The van der Waals surface area contributed by atoms with Crippen LogP contribution >= 0.6 is 0 Å². The number of carbonyl (C=O) groups is 1. The van der Waals surface area contributed by atoms with Crippen molar-refractivity contribution in [1.82, 2.24) is 4.98 Å². The molecular formula is C23H15FN2O3. The Morgan fingerprint density at radius 1 is 1.03 bits per heavy atom. The van der Waals surface area contributed by atoms with Gasteiger partial charge in [-0.2, -0.15) is 0 Å². The Labute approximate surface area is 165 Å². The van der Waals surface area contributed by atoms with Gasteiger partial charge >= 0.3 is 0 Å². The van der Waals surface area contributed by atoms with Crippen molar-refractivity contribution in [3.63, 3.8) is 0 Å². The van der Waals surface area contributed by atoms with Gasteiger partial charge in [0.2, 0.25) is 5.76 Å². The molecule has 142 valence electrons. The molecule has 3 heterocycles. The Balaban J connectivity index is 1.83. The van der Waals surface area contributed by atoms with Crippen LogP contribution in [0.4, 0.5) is 10.2 Å². The zero-order valence-electron chi connectivity index (χ0n) is 15.4. The molecule has 4 aromatic rings. The van der Waals surface area contributed by atoms with E-state index < -0.39 is 23.2 Å². The molecule has 0 spiro atoms. The number of nitrogens with zero attached hydrogens (tertiary/aromatic N) is 2. The molecule has 6 heteroatoms. The lowest BCUT2D eigenvalue weighted by Crippen LogP contribution is -2.30. The minimum Gasteiger partial charge on any atom is -0.450 e. The van der Waals surface area contributed by atoms with Gasteiger partial charge in [-0.15, -0.1) is 0 Å². The van der Waals surface area contributed by atoms with Crippen molar-refractivity contribution >= 4 is 22.7 Å². The number of aryl methyl sites for hydroxylation is 1. The van der Waals surface area contributed by atoms with Crippen molar-refractivity contribution in [1.29, 1.82) is 0 Å². The van der Waals surface area contributed by atoms with Crippen molar-refractivity contribution < 1.29 is 13.6 Å². The average Bonchev–Trinajstić information content (AvgIpc) is 3.03. The van der Waals surface area contributed by atoms with E-state index in [9.17, 15) is 14.0 Å². The van der Waals surface area contributed by atoms with E-state index in [-0.39, 0.29) is 22.3 Å². The van der Waals surface area contributed by atoms with Gasteiger partial charge in [-0.3, -0.25) is 14.5 Å². The zero-order chi connectivity index (χ0) is 20.1. The van der Waals surface area contributed by atoms with E-state index in [2.05, 4.69) is 4.98 Å². The first-order valence-electron chi connectivity index (χ1n) is 9.12. The molecule has 1 atom stereocenters. The highest BCUT2D eigenvalue weighted by atomic mass is 19.1. The van der Waals surface area contributed by atoms with Crippen LogP contribution < -0.4 is 10.3 Å². The summed E-state index contributed by atoms with van der Waals surface area (Å²) in [5.41, 5.74) is 1.75. The van der Waals surface area contributed by atoms with Gasteiger partial charge in [0.25, 0.3) is 5.91 Å². The maximum absolute atomic E-state index is 13.8. The number of hydrogen-bond donors (Lipinski definition) is 0. The van der Waals surface area contributed by atoms with Gasteiger partial charge in [-0.05, 0) is 42.8 Å². The molecule has 0 aliphatic carbocycles. The van der Waals surface area contributed by atoms with Crippen molar-refractivity contribution in [2.24, 2.45) is 0 Å². The van der Waals surface area contributed by atoms with Gasteiger partial charge in [0.05, 0.1) is 17.0 Å². The fraction of sp³-hybridized carbons (Fsp3) is 0.0870. The second-order valence-electron chi connectivity index (χ2n) is 6.99. The summed E-state index contributed by atoms with van der Waals surface area (Å²) in [5, 5.41) is 0.108. The van der Waals surface area contributed by atoms with Crippen LogP contribution in [0.15, 0.2) is 76.1 Å². The number of carbonyl (C=O) groups excluding carboxylic acids is 1. The number of hydrogen-bond acceptors (Lipinski definition) is 4. The second-order valence-corrected chi connectivity index (χ2v) is 6.99. The summed E-state index contributed by atoms with van der Waals surface area (Å²) in [6.45, 7) is 1.96. The van der Waals surface area contributed by atoms with Crippen LogP contribution in [0.5, 0.6) is 0 Å². The number of pyridine rings is 1. The molecule has 1 unspecified atom stereocenters. The quantitative estimate of drug-likeness (QED) is 0.513. The SMILES string of the molecule is Cc1ccc(C2c3c(oc4ccc(F)cc4c3=O)C(=O)N2c2ccccn2)cc1. The Hall–Kier alpha value is -3.80. The molecule has 0 saturated carbocycles.